The van der Waals surface area contributed by atoms with Crippen molar-refractivity contribution in [2.24, 2.45) is 5.11 Å². The van der Waals surface area contributed by atoms with Crippen LogP contribution in [0.15, 0.2) is 23.3 Å². The summed E-state index contributed by atoms with van der Waals surface area (Å²) in [7, 11) is 3.50. The summed E-state index contributed by atoms with van der Waals surface area (Å²) in [6.07, 6.45) is 0. The molecule has 1 aromatic rings. The molecule has 0 radical (unpaired) electrons. The van der Waals surface area contributed by atoms with Gasteiger partial charge >= 0.3 is 0 Å². The van der Waals surface area contributed by atoms with Crippen LogP contribution in [0.3, 0.4) is 0 Å². The van der Waals surface area contributed by atoms with E-state index in [2.05, 4.69) is 10.0 Å². The predicted octanol–water partition coefficient (Wildman–Crippen LogP) is 2.70. The third kappa shape index (κ3) is 2.14. The van der Waals surface area contributed by atoms with Gasteiger partial charge in [-0.1, -0.05) is 17.2 Å². The van der Waals surface area contributed by atoms with Gasteiger partial charge in [0.25, 0.3) is 0 Å². The van der Waals surface area contributed by atoms with Crippen molar-refractivity contribution in [2.75, 3.05) is 19.0 Å². The highest BCUT2D eigenvalue weighted by Crippen LogP contribution is 2.23. The summed E-state index contributed by atoms with van der Waals surface area (Å²) in [5, 5.41) is 3.41. The second-order valence-electron chi connectivity index (χ2n) is 3.03. The smallest absolute Gasteiger partial charge is 0.146 e. The summed E-state index contributed by atoms with van der Waals surface area (Å²) in [5.74, 6) is -0.305. The number of halogens is 1. The number of nitrogens with zero attached hydrogens (tertiary/aromatic N) is 4. The number of hydrogen-bond acceptors (Lipinski definition) is 2. The Hall–Kier alpha value is -1.74. The second-order valence-corrected chi connectivity index (χ2v) is 3.03. The molecule has 1 rings (SSSR count). The lowest BCUT2D eigenvalue weighted by molar-refractivity contribution is 0.623. The summed E-state index contributed by atoms with van der Waals surface area (Å²) in [5.41, 5.74) is 9.34. The van der Waals surface area contributed by atoms with Crippen LogP contribution in [-0.2, 0) is 6.54 Å². The van der Waals surface area contributed by atoms with Crippen molar-refractivity contribution in [3.63, 3.8) is 0 Å². The minimum atomic E-state index is -0.305. The molecule has 0 amide bonds. The van der Waals surface area contributed by atoms with Crippen molar-refractivity contribution in [3.8, 4) is 0 Å². The lowest BCUT2D eigenvalue weighted by atomic mass is 10.1. The van der Waals surface area contributed by atoms with Crippen LogP contribution in [0.4, 0.5) is 10.1 Å². The first-order valence-corrected chi connectivity index (χ1v) is 4.12. The van der Waals surface area contributed by atoms with Gasteiger partial charge in [0.2, 0.25) is 0 Å². The van der Waals surface area contributed by atoms with Crippen LogP contribution in [0.5, 0.6) is 0 Å². The van der Waals surface area contributed by atoms with Crippen molar-refractivity contribution in [3.05, 3.63) is 40.0 Å². The minimum absolute atomic E-state index is 0.168. The molecule has 4 nitrogen and oxygen atoms in total. The van der Waals surface area contributed by atoms with Crippen molar-refractivity contribution in [2.45, 2.75) is 6.54 Å². The molecule has 74 valence electrons. The number of azide groups is 1. The monoisotopic (exact) mass is 194 g/mol. The normalized spacial score (nSPS) is 9.36. The molecule has 0 aliphatic rings. The average molecular weight is 194 g/mol. The summed E-state index contributed by atoms with van der Waals surface area (Å²) in [6, 6.07) is 4.73. The number of para-hydroxylation sites is 1. The molecule has 0 unspecified atom stereocenters. The molecular formula is C9H11FN4. The van der Waals surface area contributed by atoms with E-state index in [1.54, 1.807) is 31.1 Å². The zero-order valence-electron chi connectivity index (χ0n) is 8.11. The topological polar surface area (TPSA) is 52.0 Å². The molecule has 0 saturated carbocycles. The lowest BCUT2D eigenvalue weighted by Crippen LogP contribution is -2.13. The van der Waals surface area contributed by atoms with Crippen LogP contribution in [0.1, 0.15) is 5.56 Å². The number of anilines is 1. The van der Waals surface area contributed by atoms with Gasteiger partial charge in [-0.2, -0.15) is 0 Å². The van der Waals surface area contributed by atoms with Crippen LogP contribution in [0, 0.1) is 5.82 Å². The Kier molecular flexibility index (Phi) is 3.31. The van der Waals surface area contributed by atoms with Crippen LogP contribution in [-0.4, -0.2) is 14.1 Å². The first-order chi connectivity index (χ1) is 6.66. The first kappa shape index (κ1) is 10.3. The molecule has 0 saturated heterocycles. The molecular weight excluding hydrogens is 183 g/mol. The van der Waals surface area contributed by atoms with Crippen LogP contribution in [0.25, 0.3) is 10.4 Å². The van der Waals surface area contributed by atoms with Gasteiger partial charge in [-0.25, -0.2) is 4.39 Å². The molecule has 0 heterocycles. The standard InChI is InChI=1S/C9H11FN4/c1-14(2)9-7(6-12-13-11)4-3-5-8(9)10/h3-5H,6H2,1-2H3. The van der Waals surface area contributed by atoms with Crippen molar-refractivity contribution < 1.29 is 4.39 Å². The summed E-state index contributed by atoms with van der Waals surface area (Å²) >= 11 is 0. The zero-order valence-corrected chi connectivity index (χ0v) is 8.11. The molecule has 0 aliphatic carbocycles. The van der Waals surface area contributed by atoms with E-state index in [9.17, 15) is 4.39 Å². The third-order valence-corrected chi connectivity index (χ3v) is 1.82. The fraction of sp³-hybridized carbons (Fsp3) is 0.333. The molecule has 0 fully saturated rings. The number of rotatable bonds is 3. The van der Waals surface area contributed by atoms with Crippen LogP contribution >= 0.6 is 0 Å². The van der Waals surface area contributed by atoms with Gasteiger partial charge in [-0.05, 0) is 17.2 Å². The van der Waals surface area contributed by atoms with Gasteiger partial charge in [0.05, 0.1) is 12.2 Å². The molecule has 0 spiro atoms. The molecule has 5 heteroatoms. The van der Waals surface area contributed by atoms with Crippen molar-refractivity contribution >= 4 is 5.69 Å². The highest BCUT2D eigenvalue weighted by molar-refractivity contribution is 5.53. The highest BCUT2D eigenvalue weighted by Gasteiger charge is 2.08. The van der Waals surface area contributed by atoms with Crippen LogP contribution in [0.2, 0.25) is 0 Å². The van der Waals surface area contributed by atoms with Gasteiger partial charge < -0.3 is 4.90 Å². The Morgan fingerprint density at radius 2 is 2.21 bits per heavy atom. The van der Waals surface area contributed by atoms with Gasteiger partial charge in [0.15, 0.2) is 0 Å². The van der Waals surface area contributed by atoms with E-state index in [1.807, 2.05) is 0 Å². The molecule has 14 heavy (non-hydrogen) atoms. The molecule has 0 N–H and O–H groups in total. The van der Waals surface area contributed by atoms with E-state index in [0.29, 0.717) is 11.3 Å². The Morgan fingerprint density at radius 3 is 2.79 bits per heavy atom. The van der Waals surface area contributed by atoms with E-state index in [1.165, 1.54) is 6.07 Å². The van der Waals surface area contributed by atoms with Gasteiger partial charge in [0.1, 0.15) is 5.82 Å². The minimum Gasteiger partial charge on any atom is -0.375 e. The van der Waals surface area contributed by atoms with E-state index in [0.717, 1.165) is 0 Å². The highest BCUT2D eigenvalue weighted by atomic mass is 19.1. The molecule has 0 aliphatic heterocycles. The van der Waals surface area contributed by atoms with Gasteiger partial charge in [-0.15, -0.1) is 0 Å². The van der Waals surface area contributed by atoms with Crippen molar-refractivity contribution in [1.29, 1.82) is 0 Å². The van der Waals surface area contributed by atoms with E-state index < -0.39 is 0 Å². The fourth-order valence-corrected chi connectivity index (χ4v) is 1.30. The Labute approximate surface area is 81.6 Å². The van der Waals surface area contributed by atoms with Crippen LogP contribution < -0.4 is 4.90 Å². The summed E-state index contributed by atoms with van der Waals surface area (Å²) in [4.78, 5) is 4.31. The lowest BCUT2D eigenvalue weighted by Gasteiger charge is -2.17. The Balaban J connectivity index is 3.13. The largest absolute Gasteiger partial charge is 0.375 e. The maximum Gasteiger partial charge on any atom is 0.146 e. The van der Waals surface area contributed by atoms with Crippen molar-refractivity contribution in [1.82, 2.24) is 0 Å². The van der Waals surface area contributed by atoms with E-state index in [4.69, 9.17) is 5.53 Å². The molecule has 0 aromatic heterocycles. The molecule has 1 aromatic carbocycles. The Morgan fingerprint density at radius 1 is 1.50 bits per heavy atom. The maximum absolute atomic E-state index is 13.4. The fourth-order valence-electron chi connectivity index (χ4n) is 1.30. The van der Waals surface area contributed by atoms with E-state index in [-0.39, 0.29) is 12.4 Å². The number of benzene rings is 1. The Bertz CT molecular complexity index is 369. The predicted molar refractivity (Wildman–Crippen MR) is 53.6 cm³/mol. The molecule has 0 atom stereocenters. The van der Waals surface area contributed by atoms with E-state index >= 15 is 0 Å². The van der Waals surface area contributed by atoms with Gasteiger partial charge in [-0.3, -0.25) is 0 Å². The average Bonchev–Trinajstić information content (AvgIpc) is 2.14. The quantitative estimate of drug-likeness (QED) is 0.414. The summed E-state index contributed by atoms with van der Waals surface area (Å²) < 4.78 is 13.4. The summed E-state index contributed by atoms with van der Waals surface area (Å²) in [6.45, 7) is 0.168. The third-order valence-electron chi connectivity index (χ3n) is 1.82. The SMILES string of the molecule is CN(C)c1c(F)cccc1CN=[N+]=[N-]. The number of hydrogen-bond donors (Lipinski definition) is 0. The van der Waals surface area contributed by atoms with Gasteiger partial charge in [0, 0.05) is 19.0 Å². The first-order valence-electron chi connectivity index (χ1n) is 4.12. The zero-order chi connectivity index (χ0) is 10.6. The molecule has 0 bridgehead atoms. The second kappa shape index (κ2) is 4.48. The maximum atomic E-state index is 13.4.